The Morgan fingerprint density at radius 1 is 1.67 bits per heavy atom. The second-order valence-corrected chi connectivity index (χ2v) is 1.25. The van der Waals surface area contributed by atoms with Gasteiger partial charge in [0.05, 0.1) is 0 Å². The van der Waals surface area contributed by atoms with Crippen LogP contribution in [0.1, 0.15) is 0 Å². The summed E-state index contributed by atoms with van der Waals surface area (Å²) >= 11 is 0. The molecule has 9 heavy (non-hydrogen) atoms. The van der Waals surface area contributed by atoms with Gasteiger partial charge in [-0.25, -0.2) is 4.73 Å². The zero-order valence-corrected chi connectivity index (χ0v) is 5.21. The van der Waals surface area contributed by atoms with Gasteiger partial charge in [0.15, 0.2) is 0 Å². The molecule has 0 bridgehead atoms. The fourth-order valence-corrected chi connectivity index (χ4v) is 0.350. The summed E-state index contributed by atoms with van der Waals surface area (Å²) in [5.74, 6) is 0. The molecule has 4 nitrogen and oxygen atoms in total. The van der Waals surface area contributed by atoms with E-state index in [1.54, 1.807) is 0 Å². The average Bonchev–Trinajstić information content (AvgIpc) is 1.77. The molecule has 0 spiro atoms. The lowest BCUT2D eigenvalue weighted by Gasteiger charge is -1.95. The normalized spacial score (nSPS) is 8.00. The van der Waals surface area contributed by atoms with Crippen molar-refractivity contribution < 1.29 is 9.84 Å². The van der Waals surface area contributed by atoms with Crippen LogP contribution in [0, 0.1) is 5.21 Å². The van der Waals surface area contributed by atoms with Crippen LogP contribution in [-0.4, -0.2) is 10.1 Å². The summed E-state index contributed by atoms with van der Waals surface area (Å²) in [6.07, 6.45) is 2.51. The molecule has 1 aromatic heterocycles. The highest BCUT2D eigenvalue weighted by Gasteiger charge is 1.96. The Labute approximate surface area is 57.8 Å². The quantitative estimate of drug-likeness (QED) is 0.411. The van der Waals surface area contributed by atoms with Gasteiger partial charge in [-0.3, -0.25) is 0 Å². The first-order valence-corrected chi connectivity index (χ1v) is 2.04. The first-order valence-electron chi connectivity index (χ1n) is 2.04. The van der Waals surface area contributed by atoms with Gasteiger partial charge >= 0.3 is 6.01 Å². The molecule has 0 saturated heterocycles. The van der Waals surface area contributed by atoms with Crippen molar-refractivity contribution in [1.82, 2.24) is 4.98 Å². The average molecular weight is 149 g/mol. The van der Waals surface area contributed by atoms with Crippen LogP contribution >= 0.6 is 12.4 Å². The van der Waals surface area contributed by atoms with Crippen LogP contribution in [0.3, 0.4) is 0 Å². The smallest absolute Gasteiger partial charge is 0.498 e. The molecule has 0 aliphatic heterocycles. The lowest BCUT2D eigenvalue weighted by atomic mass is 10.7. The zero-order valence-electron chi connectivity index (χ0n) is 4.39. The minimum atomic E-state index is -0.521. The van der Waals surface area contributed by atoms with E-state index in [1.807, 2.05) is 0 Å². The molecule has 0 saturated carbocycles. The van der Waals surface area contributed by atoms with Gasteiger partial charge in [0.25, 0.3) is 0 Å². The molecule has 1 heterocycles. The number of rotatable bonds is 0. The Bertz CT molecular complexity index is 173. The van der Waals surface area contributed by atoms with Gasteiger partial charge in [-0.2, -0.15) is 0 Å². The predicted molar refractivity (Wildman–Crippen MR) is 32.1 cm³/mol. The molecule has 0 aromatic carbocycles. The number of halogens is 1. The van der Waals surface area contributed by atoms with Gasteiger partial charge in [0.1, 0.15) is 12.4 Å². The fourth-order valence-electron chi connectivity index (χ4n) is 0.350. The Kier molecular flexibility index (Phi) is 2.73. The van der Waals surface area contributed by atoms with Crippen LogP contribution < -0.4 is 4.73 Å². The minimum absolute atomic E-state index is 0. The van der Waals surface area contributed by atoms with Crippen LogP contribution in [0.2, 0.25) is 0 Å². The van der Waals surface area contributed by atoms with Gasteiger partial charge in [-0.15, -0.1) is 12.4 Å². The maximum absolute atomic E-state index is 10.2. The van der Waals surface area contributed by atoms with Crippen LogP contribution in [0.25, 0.3) is 0 Å². The Hall–Kier alpha value is -1.03. The van der Waals surface area contributed by atoms with Gasteiger partial charge < -0.3 is 10.3 Å². The lowest BCUT2D eigenvalue weighted by Crippen LogP contribution is -2.25. The molecule has 0 unspecified atom stereocenters. The summed E-state index contributed by atoms with van der Waals surface area (Å²) < 4.78 is 0.278. The summed E-state index contributed by atoms with van der Waals surface area (Å²) in [6, 6.07) is 0.916. The van der Waals surface area contributed by atoms with Gasteiger partial charge in [0, 0.05) is 6.07 Å². The molecule has 1 aromatic rings. The molecule has 1 rings (SSSR count). The fraction of sp³-hybridized carbons (Fsp3) is 0. The van der Waals surface area contributed by atoms with Crippen molar-refractivity contribution >= 4 is 12.4 Å². The lowest BCUT2D eigenvalue weighted by molar-refractivity contribution is -0.617. The van der Waals surface area contributed by atoms with Crippen molar-refractivity contribution in [3.8, 4) is 6.01 Å². The molecular formula is C4H5ClN2O2. The van der Waals surface area contributed by atoms with E-state index in [1.165, 1.54) is 18.5 Å². The third kappa shape index (κ3) is 1.73. The van der Waals surface area contributed by atoms with Crippen molar-refractivity contribution in [2.45, 2.75) is 0 Å². The maximum atomic E-state index is 10.2. The third-order valence-electron chi connectivity index (χ3n) is 0.695. The van der Waals surface area contributed by atoms with Gasteiger partial charge in [-0.05, 0) is 4.98 Å². The third-order valence-corrected chi connectivity index (χ3v) is 0.695. The minimum Gasteiger partial charge on any atom is -0.708 e. The first kappa shape index (κ1) is 7.97. The predicted octanol–water partition coefficient (Wildman–Crippen LogP) is -0.158. The summed E-state index contributed by atoms with van der Waals surface area (Å²) in [7, 11) is 0. The van der Waals surface area contributed by atoms with E-state index in [0.717, 1.165) is 0 Å². The van der Waals surface area contributed by atoms with Crippen molar-refractivity contribution in [3.05, 3.63) is 23.7 Å². The molecule has 5 heteroatoms. The Balaban J connectivity index is 0.000000640. The molecule has 0 aliphatic carbocycles. The highest BCUT2D eigenvalue weighted by Crippen LogP contribution is 1.86. The van der Waals surface area contributed by atoms with Crippen molar-refractivity contribution in [2.75, 3.05) is 0 Å². The number of hydrogen-bond donors (Lipinski definition) is 1. The summed E-state index contributed by atoms with van der Waals surface area (Å²) in [4.78, 5) is 3.28. The van der Waals surface area contributed by atoms with Crippen LogP contribution in [0.15, 0.2) is 18.5 Å². The number of aromatic hydroxyl groups is 1. The molecular weight excluding hydrogens is 144 g/mol. The topological polar surface area (TPSA) is 60.1 Å². The highest BCUT2D eigenvalue weighted by molar-refractivity contribution is 5.85. The van der Waals surface area contributed by atoms with E-state index >= 15 is 0 Å². The Morgan fingerprint density at radius 3 is 2.67 bits per heavy atom. The Morgan fingerprint density at radius 2 is 2.33 bits per heavy atom. The van der Waals surface area contributed by atoms with Crippen LogP contribution in [0.4, 0.5) is 0 Å². The monoisotopic (exact) mass is 148 g/mol. The van der Waals surface area contributed by atoms with Crippen molar-refractivity contribution in [2.24, 2.45) is 0 Å². The molecule has 0 atom stereocenters. The number of nitrogens with zero attached hydrogens (tertiary/aromatic N) is 2. The standard InChI is InChI=1S/C4H4N2O2.ClH/c7-4-5-2-1-3-6(4)8;/h1-3H,(H,5,7);1H. The summed E-state index contributed by atoms with van der Waals surface area (Å²) in [5.41, 5.74) is 0. The van der Waals surface area contributed by atoms with E-state index < -0.39 is 6.01 Å². The molecule has 0 aliphatic rings. The van der Waals surface area contributed by atoms with Crippen molar-refractivity contribution in [1.29, 1.82) is 0 Å². The van der Waals surface area contributed by atoms with Crippen LogP contribution in [-0.2, 0) is 0 Å². The SMILES string of the molecule is Cl.[O-][n+]1cccnc1O. The number of aromatic nitrogens is 2. The second-order valence-electron chi connectivity index (χ2n) is 1.25. The van der Waals surface area contributed by atoms with E-state index in [9.17, 15) is 5.21 Å². The molecule has 1 N–H and O–H groups in total. The molecule has 0 radical (unpaired) electrons. The highest BCUT2D eigenvalue weighted by atomic mass is 35.5. The summed E-state index contributed by atoms with van der Waals surface area (Å²) in [5, 5.41) is 18.7. The van der Waals surface area contributed by atoms with Crippen LogP contribution in [0.5, 0.6) is 6.01 Å². The van der Waals surface area contributed by atoms with Gasteiger partial charge in [0.2, 0.25) is 0 Å². The molecule has 0 fully saturated rings. The first-order chi connectivity index (χ1) is 3.80. The van der Waals surface area contributed by atoms with Crippen molar-refractivity contribution in [3.63, 3.8) is 0 Å². The van der Waals surface area contributed by atoms with E-state index in [0.29, 0.717) is 0 Å². The zero-order chi connectivity index (χ0) is 5.98. The number of hydrogen-bond acceptors (Lipinski definition) is 3. The van der Waals surface area contributed by atoms with Gasteiger partial charge in [-0.1, -0.05) is 0 Å². The summed E-state index contributed by atoms with van der Waals surface area (Å²) in [6.45, 7) is 0. The maximum Gasteiger partial charge on any atom is 0.498 e. The molecule has 50 valence electrons. The van der Waals surface area contributed by atoms with E-state index in [2.05, 4.69) is 4.98 Å². The second kappa shape index (κ2) is 3.09. The molecule has 0 amide bonds. The van der Waals surface area contributed by atoms with E-state index in [4.69, 9.17) is 5.11 Å². The van der Waals surface area contributed by atoms with E-state index in [-0.39, 0.29) is 17.1 Å². The largest absolute Gasteiger partial charge is 0.708 e.